The Bertz CT molecular complexity index is 308. The van der Waals surface area contributed by atoms with Crippen molar-refractivity contribution >= 4 is 5.91 Å². The highest BCUT2D eigenvalue weighted by Gasteiger charge is 2.30. The second kappa shape index (κ2) is 6.71. The average Bonchev–Trinajstić information content (AvgIpc) is 2.85. The van der Waals surface area contributed by atoms with E-state index >= 15 is 0 Å². The Morgan fingerprint density at radius 3 is 2.89 bits per heavy atom. The highest BCUT2D eigenvalue weighted by atomic mass is 16.2. The third-order valence-corrected chi connectivity index (χ3v) is 4.69. The highest BCUT2D eigenvalue weighted by Crippen LogP contribution is 2.21. The zero-order valence-corrected chi connectivity index (χ0v) is 12.7. The normalized spacial score (nSPS) is 32.5. The van der Waals surface area contributed by atoms with E-state index in [1.54, 1.807) is 0 Å². The minimum atomic E-state index is 0.185. The molecule has 2 heterocycles. The van der Waals surface area contributed by atoms with Crippen molar-refractivity contribution in [3.8, 4) is 0 Å². The van der Waals surface area contributed by atoms with Gasteiger partial charge in [-0.05, 0) is 44.8 Å². The first-order valence-electron chi connectivity index (χ1n) is 7.81. The lowest BCUT2D eigenvalue weighted by Crippen LogP contribution is -2.47. The van der Waals surface area contributed by atoms with Gasteiger partial charge in [-0.1, -0.05) is 13.8 Å². The first-order valence-corrected chi connectivity index (χ1v) is 7.81. The summed E-state index contributed by atoms with van der Waals surface area (Å²) in [6.07, 6.45) is 3.56. The third-order valence-electron chi connectivity index (χ3n) is 4.69. The lowest BCUT2D eigenvalue weighted by Gasteiger charge is -2.33. The van der Waals surface area contributed by atoms with Crippen LogP contribution in [-0.2, 0) is 4.79 Å². The van der Waals surface area contributed by atoms with E-state index in [9.17, 15) is 4.79 Å². The molecule has 3 unspecified atom stereocenters. The van der Waals surface area contributed by atoms with Gasteiger partial charge in [-0.15, -0.1) is 0 Å². The zero-order chi connectivity index (χ0) is 13.8. The summed E-state index contributed by atoms with van der Waals surface area (Å²) in [6, 6.07) is 0.577. The number of piperidine rings is 1. The summed E-state index contributed by atoms with van der Waals surface area (Å²) in [5.41, 5.74) is 0. The molecule has 2 aliphatic rings. The number of nitrogens with zero attached hydrogens (tertiary/aromatic N) is 2. The number of amides is 1. The van der Waals surface area contributed by atoms with E-state index in [4.69, 9.17) is 0 Å². The topological polar surface area (TPSA) is 35.6 Å². The van der Waals surface area contributed by atoms with Crippen molar-refractivity contribution in [3.05, 3.63) is 0 Å². The van der Waals surface area contributed by atoms with Gasteiger partial charge in [0.1, 0.15) is 0 Å². The molecular formula is C15H29N3O. The van der Waals surface area contributed by atoms with Gasteiger partial charge in [-0.25, -0.2) is 0 Å². The van der Waals surface area contributed by atoms with Crippen LogP contribution in [0.25, 0.3) is 0 Å². The number of likely N-dealkylation sites (N-methyl/N-ethyl adjacent to an activating group) is 2. The number of nitrogens with one attached hydrogen (secondary N) is 1. The zero-order valence-electron chi connectivity index (χ0n) is 12.7. The Morgan fingerprint density at radius 2 is 2.21 bits per heavy atom. The van der Waals surface area contributed by atoms with Crippen molar-refractivity contribution in [1.82, 2.24) is 15.1 Å². The molecule has 0 radical (unpaired) electrons. The standard InChI is InChI=1S/C15H29N3O/c1-4-18-7-5-6-14(18)11-17(3)15(19)13-8-12(2)9-16-10-13/h12-14,16H,4-11H2,1-3H3. The number of rotatable bonds is 4. The maximum Gasteiger partial charge on any atom is 0.226 e. The van der Waals surface area contributed by atoms with Crippen molar-refractivity contribution in [2.24, 2.45) is 11.8 Å². The molecule has 0 aromatic rings. The van der Waals surface area contributed by atoms with Crippen LogP contribution in [-0.4, -0.2) is 61.5 Å². The van der Waals surface area contributed by atoms with Crippen LogP contribution in [0.2, 0.25) is 0 Å². The summed E-state index contributed by atoms with van der Waals surface area (Å²) in [4.78, 5) is 17.0. The minimum absolute atomic E-state index is 0.185. The number of hydrogen-bond donors (Lipinski definition) is 1. The van der Waals surface area contributed by atoms with Gasteiger partial charge in [0.25, 0.3) is 0 Å². The Labute approximate surface area is 117 Å². The molecule has 4 heteroatoms. The van der Waals surface area contributed by atoms with Crippen LogP contribution in [0.1, 0.15) is 33.1 Å². The maximum absolute atomic E-state index is 12.5. The van der Waals surface area contributed by atoms with Crippen molar-refractivity contribution in [3.63, 3.8) is 0 Å². The SMILES string of the molecule is CCN1CCCC1CN(C)C(=O)C1CNCC(C)C1. The Kier molecular flexibility index (Phi) is 5.22. The summed E-state index contributed by atoms with van der Waals surface area (Å²) in [5, 5.41) is 3.38. The van der Waals surface area contributed by atoms with Gasteiger partial charge in [0.15, 0.2) is 0 Å². The molecule has 0 bridgehead atoms. The molecule has 2 aliphatic heterocycles. The lowest BCUT2D eigenvalue weighted by atomic mass is 9.91. The van der Waals surface area contributed by atoms with E-state index < -0.39 is 0 Å². The molecule has 1 N–H and O–H groups in total. The Balaban J connectivity index is 1.84. The van der Waals surface area contributed by atoms with Gasteiger partial charge in [0.2, 0.25) is 5.91 Å². The van der Waals surface area contributed by atoms with E-state index in [1.165, 1.54) is 19.4 Å². The van der Waals surface area contributed by atoms with E-state index in [-0.39, 0.29) is 5.92 Å². The van der Waals surface area contributed by atoms with Crippen LogP contribution < -0.4 is 5.32 Å². The monoisotopic (exact) mass is 267 g/mol. The van der Waals surface area contributed by atoms with Crippen LogP contribution in [0.15, 0.2) is 0 Å². The van der Waals surface area contributed by atoms with E-state index in [0.717, 1.165) is 32.6 Å². The Morgan fingerprint density at radius 1 is 1.42 bits per heavy atom. The van der Waals surface area contributed by atoms with Gasteiger partial charge in [-0.2, -0.15) is 0 Å². The molecule has 3 atom stereocenters. The highest BCUT2D eigenvalue weighted by molar-refractivity contribution is 5.79. The van der Waals surface area contributed by atoms with Crippen molar-refractivity contribution in [1.29, 1.82) is 0 Å². The van der Waals surface area contributed by atoms with Gasteiger partial charge >= 0.3 is 0 Å². The molecule has 2 saturated heterocycles. The average molecular weight is 267 g/mol. The molecule has 0 spiro atoms. The van der Waals surface area contributed by atoms with Gasteiger partial charge < -0.3 is 10.2 Å². The van der Waals surface area contributed by atoms with Crippen molar-refractivity contribution < 1.29 is 4.79 Å². The fourth-order valence-electron chi connectivity index (χ4n) is 3.58. The van der Waals surface area contributed by atoms with Crippen LogP contribution in [0.5, 0.6) is 0 Å². The molecule has 0 aromatic heterocycles. The van der Waals surface area contributed by atoms with Crippen LogP contribution in [0.3, 0.4) is 0 Å². The minimum Gasteiger partial charge on any atom is -0.344 e. The molecular weight excluding hydrogens is 238 g/mol. The van der Waals surface area contributed by atoms with Crippen molar-refractivity contribution in [2.45, 2.75) is 39.2 Å². The van der Waals surface area contributed by atoms with E-state index in [0.29, 0.717) is 17.9 Å². The quantitative estimate of drug-likeness (QED) is 0.831. The second-order valence-corrected chi connectivity index (χ2v) is 6.34. The molecule has 0 aromatic carbocycles. The summed E-state index contributed by atoms with van der Waals surface area (Å²) >= 11 is 0. The van der Waals surface area contributed by atoms with E-state index in [1.807, 2.05) is 11.9 Å². The molecule has 2 fully saturated rings. The number of hydrogen-bond acceptors (Lipinski definition) is 3. The summed E-state index contributed by atoms with van der Waals surface area (Å²) < 4.78 is 0. The van der Waals surface area contributed by atoms with Crippen molar-refractivity contribution in [2.75, 3.05) is 39.8 Å². The van der Waals surface area contributed by atoms with Crippen LogP contribution in [0.4, 0.5) is 0 Å². The molecule has 4 nitrogen and oxygen atoms in total. The summed E-state index contributed by atoms with van der Waals surface area (Å²) in [7, 11) is 1.98. The molecule has 1 amide bonds. The second-order valence-electron chi connectivity index (χ2n) is 6.34. The molecule has 0 saturated carbocycles. The smallest absolute Gasteiger partial charge is 0.226 e. The van der Waals surface area contributed by atoms with Crippen LogP contribution in [0, 0.1) is 11.8 Å². The largest absolute Gasteiger partial charge is 0.344 e. The molecule has 0 aliphatic carbocycles. The predicted octanol–water partition coefficient (Wildman–Crippen LogP) is 1.17. The summed E-state index contributed by atoms with van der Waals surface area (Å²) in [5.74, 6) is 1.14. The maximum atomic E-state index is 12.5. The lowest BCUT2D eigenvalue weighted by molar-refractivity contribution is -0.135. The predicted molar refractivity (Wildman–Crippen MR) is 78.0 cm³/mol. The number of likely N-dealkylation sites (tertiary alicyclic amines) is 1. The molecule has 2 rings (SSSR count). The van der Waals surface area contributed by atoms with Gasteiger partial charge in [0.05, 0.1) is 5.92 Å². The molecule has 19 heavy (non-hydrogen) atoms. The van der Waals surface area contributed by atoms with Gasteiger partial charge in [0, 0.05) is 26.2 Å². The third kappa shape index (κ3) is 3.69. The first-order chi connectivity index (χ1) is 9.11. The summed E-state index contributed by atoms with van der Waals surface area (Å²) in [6.45, 7) is 9.56. The fraction of sp³-hybridized carbons (Fsp3) is 0.933. The Hall–Kier alpha value is -0.610. The van der Waals surface area contributed by atoms with Crippen LogP contribution >= 0.6 is 0 Å². The number of carbonyl (C=O) groups is 1. The fourth-order valence-corrected chi connectivity index (χ4v) is 3.58. The van der Waals surface area contributed by atoms with Gasteiger partial charge in [-0.3, -0.25) is 9.69 Å². The number of carbonyl (C=O) groups excluding carboxylic acids is 1. The first kappa shape index (κ1) is 14.8. The van der Waals surface area contributed by atoms with E-state index in [2.05, 4.69) is 24.1 Å². The molecule has 110 valence electrons.